The van der Waals surface area contributed by atoms with Crippen molar-refractivity contribution in [2.75, 3.05) is 18.4 Å². The second kappa shape index (κ2) is 6.70. The first kappa shape index (κ1) is 15.5. The van der Waals surface area contributed by atoms with Gasteiger partial charge in [0.15, 0.2) is 0 Å². The first-order valence-corrected chi connectivity index (χ1v) is 7.54. The molecule has 116 valence electrons. The van der Waals surface area contributed by atoms with Crippen LogP contribution in [0.2, 0.25) is 0 Å². The van der Waals surface area contributed by atoms with Crippen LogP contribution in [0.4, 0.5) is 10.5 Å². The van der Waals surface area contributed by atoms with E-state index in [-0.39, 0.29) is 12.1 Å². The molecular weight excluding hydrogens is 266 g/mol. The Labute approximate surface area is 126 Å². The fourth-order valence-corrected chi connectivity index (χ4v) is 2.61. The van der Waals surface area contributed by atoms with E-state index in [1.54, 1.807) is 4.90 Å². The summed E-state index contributed by atoms with van der Waals surface area (Å²) in [5.74, 6) is 0.900. The number of likely N-dealkylation sites (tertiary alicyclic amines) is 1. The number of piperidine rings is 1. The Kier molecular flexibility index (Phi) is 4.94. The lowest BCUT2D eigenvalue weighted by Gasteiger charge is -2.32. The van der Waals surface area contributed by atoms with Gasteiger partial charge in [-0.05, 0) is 57.4 Å². The average Bonchev–Trinajstić information content (AvgIpc) is 2.42. The Hall–Kier alpha value is -1.91. The summed E-state index contributed by atoms with van der Waals surface area (Å²) in [6.45, 7) is 7.57. The number of rotatable bonds is 4. The van der Waals surface area contributed by atoms with E-state index in [4.69, 9.17) is 10.5 Å². The lowest BCUT2D eigenvalue weighted by molar-refractivity contribution is 0.193. The van der Waals surface area contributed by atoms with Crippen molar-refractivity contribution in [1.82, 2.24) is 4.90 Å². The summed E-state index contributed by atoms with van der Waals surface area (Å²) in [5, 5.41) is 3.55. The molecule has 1 aliphatic rings. The molecule has 0 radical (unpaired) electrons. The highest BCUT2D eigenvalue weighted by Crippen LogP contribution is 2.24. The summed E-state index contributed by atoms with van der Waals surface area (Å²) >= 11 is 0. The fraction of sp³-hybridized carbons (Fsp3) is 0.562. The van der Waals surface area contributed by atoms with Crippen LogP contribution in [-0.4, -0.2) is 36.2 Å². The van der Waals surface area contributed by atoms with E-state index in [1.165, 1.54) is 5.56 Å². The number of urea groups is 1. The van der Waals surface area contributed by atoms with Crippen LogP contribution < -0.4 is 15.8 Å². The molecule has 3 N–H and O–H groups in total. The number of carbonyl (C=O) groups is 1. The van der Waals surface area contributed by atoms with Crippen molar-refractivity contribution in [2.45, 2.75) is 45.8 Å². The predicted octanol–water partition coefficient (Wildman–Crippen LogP) is 2.74. The molecule has 1 fully saturated rings. The molecule has 1 aliphatic heterocycles. The Bertz CT molecular complexity index is 494. The zero-order chi connectivity index (χ0) is 15.4. The molecule has 2 amide bonds. The number of primary amides is 1. The van der Waals surface area contributed by atoms with E-state index >= 15 is 0 Å². The highest BCUT2D eigenvalue weighted by Gasteiger charge is 2.21. The Morgan fingerprint density at radius 2 is 2.05 bits per heavy atom. The second-order valence-electron chi connectivity index (χ2n) is 5.89. The minimum absolute atomic E-state index is 0.182. The first-order valence-electron chi connectivity index (χ1n) is 7.54. The van der Waals surface area contributed by atoms with Gasteiger partial charge in [0.05, 0.1) is 6.10 Å². The number of hydrogen-bond acceptors (Lipinski definition) is 3. The number of benzene rings is 1. The van der Waals surface area contributed by atoms with Crippen molar-refractivity contribution in [3.63, 3.8) is 0 Å². The number of nitrogens with two attached hydrogens (primary N) is 1. The van der Waals surface area contributed by atoms with E-state index in [0.29, 0.717) is 6.04 Å². The number of hydrogen-bond donors (Lipinski definition) is 2. The molecule has 0 unspecified atom stereocenters. The largest absolute Gasteiger partial charge is 0.491 e. The molecule has 2 rings (SSSR count). The molecule has 5 nitrogen and oxygen atoms in total. The van der Waals surface area contributed by atoms with Gasteiger partial charge in [-0.3, -0.25) is 0 Å². The molecular formula is C16H25N3O2. The zero-order valence-electron chi connectivity index (χ0n) is 13.1. The molecule has 0 spiro atoms. The van der Waals surface area contributed by atoms with Crippen LogP contribution in [0.3, 0.4) is 0 Å². The highest BCUT2D eigenvalue weighted by atomic mass is 16.5. The molecule has 0 aliphatic carbocycles. The standard InChI is InChI=1S/C16H25N3O2/c1-11(2)21-14-4-5-15(12(3)10-14)18-13-6-8-19(9-7-13)16(17)20/h4-5,10-11,13,18H,6-9H2,1-3H3,(H2,17,20). The number of aryl methyl sites for hydroxylation is 1. The average molecular weight is 291 g/mol. The molecule has 5 heteroatoms. The van der Waals surface area contributed by atoms with Crippen LogP contribution >= 0.6 is 0 Å². The van der Waals surface area contributed by atoms with Crippen molar-refractivity contribution in [3.8, 4) is 5.75 Å². The predicted molar refractivity (Wildman–Crippen MR) is 84.7 cm³/mol. The Morgan fingerprint density at radius 1 is 1.38 bits per heavy atom. The summed E-state index contributed by atoms with van der Waals surface area (Å²) in [6, 6.07) is 6.18. The smallest absolute Gasteiger partial charge is 0.314 e. The van der Waals surface area contributed by atoms with Crippen molar-refractivity contribution in [1.29, 1.82) is 0 Å². The van der Waals surface area contributed by atoms with E-state index in [9.17, 15) is 4.79 Å². The summed E-state index contributed by atoms with van der Waals surface area (Å²) in [5.41, 5.74) is 7.60. The van der Waals surface area contributed by atoms with Crippen LogP contribution in [-0.2, 0) is 0 Å². The SMILES string of the molecule is Cc1cc(OC(C)C)ccc1NC1CCN(C(N)=O)CC1. The van der Waals surface area contributed by atoms with Gasteiger partial charge < -0.3 is 20.7 Å². The lowest BCUT2D eigenvalue weighted by Crippen LogP contribution is -2.44. The molecule has 0 saturated carbocycles. The van der Waals surface area contributed by atoms with Gasteiger partial charge in [0.1, 0.15) is 5.75 Å². The summed E-state index contributed by atoms with van der Waals surface area (Å²) in [7, 11) is 0. The van der Waals surface area contributed by atoms with Crippen LogP contribution in [0, 0.1) is 6.92 Å². The van der Waals surface area contributed by atoms with Gasteiger partial charge >= 0.3 is 6.03 Å². The maximum absolute atomic E-state index is 11.1. The van der Waals surface area contributed by atoms with Gasteiger partial charge in [0.25, 0.3) is 0 Å². The summed E-state index contributed by atoms with van der Waals surface area (Å²) < 4.78 is 5.69. The minimum atomic E-state index is -0.320. The number of nitrogens with zero attached hydrogens (tertiary/aromatic N) is 1. The third-order valence-electron chi connectivity index (χ3n) is 3.74. The lowest BCUT2D eigenvalue weighted by atomic mass is 10.0. The van der Waals surface area contributed by atoms with Crippen molar-refractivity contribution in [2.24, 2.45) is 5.73 Å². The van der Waals surface area contributed by atoms with Crippen molar-refractivity contribution >= 4 is 11.7 Å². The third kappa shape index (κ3) is 4.28. The van der Waals surface area contributed by atoms with Crippen molar-refractivity contribution < 1.29 is 9.53 Å². The van der Waals surface area contributed by atoms with Gasteiger partial charge in [0.2, 0.25) is 0 Å². The second-order valence-corrected chi connectivity index (χ2v) is 5.89. The first-order chi connectivity index (χ1) is 9.95. The molecule has 0 aromatic heterocycles. The Morgan fingerprint density at radius 3 is 2.57 bits per heavy atom. The number of nitrogens with one attached hydrogen (secondary N) is 1. The van der Waals surface area contributed by atoms with Crippen LogP contribution in [0.25, 0.3) is 0 Å². The van der Waals surface area contributed by atoms with Crippen LogP contribution in [0.15, 0.2) is 18.2 Å². The molecule has 1 aromatic carbocycles. The normalized spacial score (nSPS) is 16.1. The van der Waals surface area contributed by atoms with Gasteiger partial charge in [-0.2, -0.15) is 0 Å². The number of amides is 2. The van der Waals surface area contributed by atoms with E-state index in [2.05, 4.69) is 24.4 Å². The number of carbonyl (C=O) groups excluding carboxylic acids is 1. The van der Waals surface area contributed by atoms with Crippen molar-refractivity contribution in [3.05, 3.63) is 23.8 Å². The fourth-order valence-electron chi connectivity index (χ4n) is 2.61. The molecule has 1 heterocycles. The molecule has 21 heavy (non-hydrogen) atoms. The maximum Gasteiger partial charge on any atom is 0.314 e. The van der Waals surface area contributed by atoms with Gasteiger partial charge in [-0.1, -0.05) is 0 Å². The molecule has 0 bridgehead atoms. The van der Waals surface area contributed by atoms with Gasteiger partial charge in [-0.25, -0.2) is 4.79 Å². The topological polar surface area (TPSA) is 67.6 Å². The molecule has 1 aromatic rings. The number of ether oxygens (including phenoxy) is 1. The number of anilines is 1. The van der Waals surface area contributed by atoms with Gasteiger partial charge in [-0.15, -0.1) is 0 Å². The van der Waals surface area contributed by atoms with Gasteiger partial charge in [0, 0.05) is 24.8 Å². The summed E-state index contributed by atoms with van der Waals surface area (Å²) in [4.78, 5) is 12.8. The molecule has 1 saturated heterocycles. The maximum atomic E-state index is 11.1. The highest BCUT2D eigenvalue weighted by molar-refractivity contribution is 5.72. The van der Waals surface area contributed by atoms with Crippen LogP contribution in [0.5, 0.6) is 5.75 Å². The minimum Gasteiger partial charge on any atom is -0.491 e. The Balaban J connectivity index is 1.93. The zero-order valence-corrected chi connectivity index (χ0v) is 13.1. The monoisotopic (exact) mass is 291 g/mol. The quantitative estimate of drug-likeness (QED) is 0.896. The summed E-state index contributed by atoms with van der Waals surface area (Å²) in [6.07, 6.45) is 2.03. The van der Waals surface area contributed by atoms with Crippen LogP contribution in [0.1, 0.15) is 32.3 Å². The van der Waals surface area contributed by atoms with E-state index < -0.39 is 0 Å². The van der Waals surface area contributed by atoms with E-state index in [1.807, 2.05) is 19.9 Å². The van der Waals surface area contributed by atoms with E-state index in [0.717, 1.165) is 37.4 Å². The molecule has 0 atom stereocenters. The third-order valence-corrected chi connectivity index (χ3v) is 3.74.